The molecule has 0 spiro atoms. The molecular weight excluding hydrogens is 264 g/mol. The Morgan fingerprint density at radius 1 is 0.905 bits per heavy atom. The van der Waals surface area contributed by atoms with Crippen molar-refractivity contribution in [2.45, 2.75) is 40.3 Å². The van der Waals surface area contributed by atoms with E-state index in [-0.39, 0.29) is 6.42 Å². The van der Waals surface area contributed by atoms with Gasteiger partial charge in [-0.3, -0.25) is 14.6 Å². The molecule has 0 heterocycles. The van der Waals surface area contributed by atoms with Crippen molar-refractivity contribution in [1.29, 1.82) is 0 Å². The molecule has 1 aromatic rings. The summed E-state index contributed by atoms with van der Waals surface area (Å²) < 4.78 is 0. The Kier molecular flexibility index (Phi) is 8.01. The highest BCUT2D eigenvalue weighted by atomic mass is 16.4. The van der Waals surface area contributed by atoms with Crippen LogP contribution >= 0.6 is 0 Å². The highest BCUT2D eigenvalue weighted by molar-refractivity contribution is 5.66. The molecule has 1 N–H and O–H groups in total. The van der Waals surface area contributed by atoms with Crippen LogP contribution in [-0.4, -0.2) is 47.1 Å². The molecule has 118 valence electrons. The second kappa shape index (κ2) is 9.53. The first-order valence-electron chi connectivity index (χ1n) is 7.83. The molecule has 4 nitrogen and oxygen atoms in total. The average molecular weight is 292 g/mol. The van der Waals surface area contributed by atoms with Crippen molar-refractivity contribution in [2.75, 3.05) is 26.2 Å². The molecule has 0 radical (unpaired) electrons. The van der Waals surface area contributed by atoms with Gasteiger partial charge in [-0.05, 0) is 30.8 Å². The minimum atomic E-state index is -0.733. The molecule has 1 rings (SSSR count). The zero-order chi connectivity index (χ0) is 15.7. The summed E-state index contributed by atoms with van der Waals surface area (Å²) in [6.45, 7) is 11.8. The standard InChI is InChI=1S/C17H28N2O2/c1-4-18(5-2)13-15-7-9-16(10-8-15)14-19(6-3)12-11-17(20)21/h7-10H,4-6,11-14H2,1-3H3,(H,20,21). The van der Waals surface area contributed by atoms with Gasteiger partial charge in [0.05, 0.1) is 6.42 Å². The number of hydrogen-bond acceptors (Lipinski definition) is 3. The van der Waals surface area contributed by atoms with E-state index in [1.807, 2.05) is 0 Å². The Morgan fingerprint density at radius 3 is 1.71 bits per heavy atom. The van der Waals surface area contributed by atoms with Gasteiger partial charge in [-0.1, -0.05) is 45.0 Å². The molecule has 0 fully saturated rings. The minimum absolute atomic E-state index is 0.202. The quantitative estimate of drug-likeness (QED) is 0.720. The highest BCUT2D eigenvalue weighted by Crippen LogP contribution is 2.10. The maximum Gasteiger partial charge on any atom is 0.304 e. The van der Waals surface area contributed by atoms with E-state index in [1.165, 1.54) is 11.1 Å². The molecule has 21 heavy (non-hydrogen) atoms. The van der Waals surface area contributed by atoms with Gasteiger partial charge in [0, 0.05) is 19.6 Å². The third-order valence-corrected chi connectivity index (χ3v) is 3.82. The Hall–Kier alpha value is -1.39. The Balaban J connectivity index is 2.54. The zero-order valence-corrected chi connectivity index (χ0v) is 13.5. The third-order valence-electron chi connectivity index (χ3n) is 3.82. The lowest BCUT2D eigenvalue weighted by molar-refractivity contribution is -0.137. The van der Waals surface area contributed by atoms with E-state index in [1.54, 1.807) is 0 Å². The van der Waals surface area contributed by atoms with E-state index in [9.17, 15) is 4.79 Å². The summed E-state index contributed by atoms with van der Waals surface area (Å²) in [5.41, 5.74) is 2.57. The van der Waals surface area contributed by atoms with Crippen LogP contribution in [0.5, 0.6) is 0 Å². The van der Waals surface area contributed by atoms with E-state index in [2.05, 4.69) is 54.8 Å². The number of hydrogen-bond donors (Lipinski definition) is 1. The lowest BCUT2D eigenvalue weighted by atomic mass is 10.1. The van der Waals surface area contributed by atoms with Crippen LogP contribution in [0.3, 0.4) is 0 Å². The monoisotopic (exact) mass is 292 g/mol. The maximum atomic E-state index is 10.6. The van der Waals surface area contributed by atoms with Gasteiger partial charge >= 0.3 is 5.97 Å². The van der Waals surface area contributed by atoms with E-state index >= 15 is 0 Å². The SMILES string of the molecule is CCN(CC)Cc1ccc(CN(CC)CCC(=O)O)cc1. The molecule has 4 heteroatoms. The van der Waals surface area contributed by atoms with E-state index in [0.717, 1.165) is 32.7 Å². The molecule has 0 aliphatic carbocycles. The van der Waals surface area contributed by atoms with Crippen LogP contribution in [0.4, 0.5) is 0 Å². The van der Waals surface area contributed by atoms with Gasteiger partial charge in [0.2, 0.25) is 0 Å². The molecule has 0 saturated heterocycles. The Morgan fingerprint density at radius 2 is 1.33 bits per heavy atom. The first kappa shape index (κ1) is 17.7. The van der Waals surface area contributed by atoms with Crippen molar-refractivity contribution >= 4 is 5.97 Å². The van der Waals surface area contributed by atoms with Crippen molar-refractivity contribution < 1.29 is 9.90 Å². The van der Waals surface area contributed by atoms with Gasteiger partial charge in [0.15, 0.2) is 0 Å². The topological polar surface area (TPSA) is 43.8 Å². The number of aliphatic carboxylic acids is 1. The predicted octanol–water partition coefficient (Wildman–Crippen LogP) is 2.83. The number of carboxylic acids is 1. The number of carboxylic acid groups (broad SMARTS) is 1. The van der Waals surface area contributed by atoms with E-state index < -0.39 is 5.97 Å². The summed E-state index contributed by atoms with van der Waals surface area (Å²) >= 11 is 0. The second-order valence-corrected chi connectivity index (χ2v) is 5.29. The van der Waals surface area contributed by atoms with Gasteiger partial charge in [0.25, 0.3) is 0 Å². The summed E-state index contributed by atoms with van der Waals surface area (Å²) in [4.78, 5) is 15.2. The number of carbonyl (C=O) groups is 1. The first-order chi connectivity index (χ1) is 10.1. The summed E-state index contributed by atoms with van der Waals surface area (Å²) in [6, 6.07) is 8.67. The van der Waals surface area contributed by atoms with Crippen molar-refractivity contribution in [3.63, 3.8) is 0 Å². The molecule has 0 aromatic heterocycles. The zero-order valence-electron chi connectivity index (χ0n) is 13.5. The highest BCUT2D eigenvalue weighted by Gasteiger charge is 2.07. The second-order valence-electron chi connectivity index (χ2n) is 5.29. The number of benzene rings is 1. The van der Waals surface area contributed by atoms with Crippen LogP contribution < -0.4 is 0 Å². The molecule has 0 aliphatic heterocycles. The molecule has 0 bridgehead atoms. The fourth-order valence-corrected chi connectivity index (χ4v) is 2.32. The molecule has 0 saturated carbocycles. The van der Waals surface area contributed by atoms with Gasteiger partial charge < -0.3 is 5.11 Å². The Labute approximate surface area is 128 Å². The van der Waals surface area contributed by atoms with Crippen LogP contribution in [0.1, 0.15) is 38.3 Å². The fraction of sp³-hybridized carbons (Fsp3) is 0.588. The van der Waals surface area contributed by atoms with Gasteiger partial charge in [-0.15, -0.1) is 0 Å². The average Bonchev–Trinajstić information content (AvgIpc) is 2.50. The van der Waals surface area contributed by atoms with Crippen LogP contribution in [0, 0.1) is 0 Å². The lowest BCUT2D eigenvalue weighted by Gasteiger charge is -2.20. The largest absolute Gasteiger partial charge is 0.481 e. The summed E-state index contributed by atoms with van der Waals surface area (Å²) in [5, 5.41) is 8.76. The summed E-state index contributed by atoms with van der Waals surface area (Å²) in [6.07, 6.45) is 0.202. The van der Waals surface area contributed by atoms with Crippen molar-refractivity contribution in [3.05, 3.63) is 35.4 Å². The van der Waals surface area contributed by atoms with Gasteiger partial charge in [0.1, 0.15) is 0 Å². The van der Waals surface area contributed by atoms with Crippen molar-refractivity contribution in [2.24, 2.45) is 0 Å². The minimum Gasteiger partial charge on any atom is -0.481 e. The maximum absolute atomic E-state index is 10.6. The lowest BCUT2D eigenvalue weighted by Crippen LogP contribution is -2.25. The van der Waals surface area contributed by atoms with Crippen LogP contribution in [0.25, 0.3) is 0 Å². The molecule has 1 aromatic carbocycles. The van der Waals surface area contributed by atoms with Crippen LogP contribution in [-0.2, 0) is 17.9 Å². The van der Waals surface area contributed by atoms with E-state index in [4.69, 9.17) is 5.11 Å². The van der Waals surface area contributed by atoms with Crippen LogP contribution in [0.2, 0.25) is 0 Å². The molecular formula is C17H28N2O2. The third kappa shape index (κ3) is 6.74. The van der Waals surface area contributed by atoms with Gasteiger partial charge in [-0.2, -0.15) is 0 Å². The number of nitrogens with zero attached hydrogens (tertiary/aromatic N) is 2. The number of rotatable bonds is 10. The smallest absolute Gasteiger partial charge is 0.304 e. The van der Waals surface area contributed by atoms with Crippen molar-refractivity contribution in [3.8, 4) is 0 Å². The molecule has 0 unspecified atom stereocenters. The normalized spacial score (nSPS) is 11.3. The Bertz CT molecular complexity index is 413. The molecule has 0 aliphatic rings. The fourth-order valence-electron chi connectivity index (χ4n) is 2.32. The van der Waals surface area contributed by atoms with E-state index in [0.29, 0.717) is 6.54 Å². The van der Waals surface area contributed by atoms with Crippen LogP contribution in [0.15, 0.2) is 24.3 Å². The summed E-state index contributed by atoms with van der Waals surface area (Å²) in [7, 11) is 0. The predicted molar refractivity (Wildman–Crippen MR) is 86.3 cm³/mol. The summed E-state index contributed by atoms with van der Waals surface area (Å²) in [5.74, 6) is -0.733. The van der Waals surface area contributed by atoms with Crippen molar-refractivity contribution in [1.82, 2.24) is 9.80 Å². The molecule has 0 amide bonds. The van der Waals surface area contributed by atoms with Gasteiger partial charge in [-0.25, -0.2) is 0 Å². The molecule has 0 atom stereocenters. The first-order valence-corrected chi connectivity index (χ1v) is 7.83.